The van der Waals surface area contributed by atoms with Crippen LogP contribution in [0.2, 0.25) is 0 Å². The molecule has 1 aliphatic rings. The fourth-order valence-corrected chi connectivity index (χ4v) is 2.10. The van der Waals surface area contributed by atoms with E-state index in [-0.39, 0.29) is 23.9 Å². The number of likely N-dealkylation sites (tertiary alicyclic amines) is 1. The first-order valence-corrected chi connectivity index (χ1v) is 6.49. The molecule has 6 nitrogen and oxygen atoms in total. The Balaban J connectivity index is 2.23. The van der Waals surface area contributed by atoms with Gasteiger partial charge in [0, 0.05) is 38.6 Å². The summed E-state index contributed by atoms with van der Waals surface area (Å²) >= 11 is 0. The van der Waals surface area contributed by atoms with Gasteiger partial charge in [-0.2, -0.15) is 0 Å². The topological polar surface area (TPSA) is 87.5 Å². The lowest BCUT2D eigenvalue weighted by Crippen LogP contribution is -2.47. The summed E-state index contributed by atoms with van der Waals surface area (Å²) in [5, 5.41) is 5.60. The van der Waals surface area contributed by atoms with Crippen molar-refractivity contribution >= 4 is 11.8 Å². The standard InChI is InChI=1S/C12H24N4O2/c1-9(13)7-11(17)15-10-3-5-16(6-4-10)8-12(18)14-2/h9-10H,3-8,13H2,1-2H3,(H,14,18)(H,15,17). The van der Waals surface area contributed by atoms with Crippen LogP contribution in [0.5, 0.6) is 0 Å². The van der Waals surface area contributed by atoms with Gasteiger partial charge in [0.1, 0.15) is 0 Å². The second kappa shape index (κ2) is 7.33. The Labute approximate surface area is 108 Å². The maximum atomic E-state index is 11.6. The summed E-state index contributed by atoms with van der Waals surface area (Å²) in [5.41, 5.74) is 5.58. The molecule has 104 valence electrons. The second-order valence-electron chi connectivity index (χ2n) is 4.97. The van der Waals surface area contributed by atoms with Crippen molar-refractivity contribution in [3.05, 3.63) is 0 Å². The fraction of sp³-hybridized carbons (Fsp3) is 0.833. The average molecular weight is 256 g/mol. The molecule has 0 aromatic carbocycles. The number of likely N-dealkylation sites (N-methyl/N-ethyl adjacent to an activating group) is 1. The summed E-state index contributed by atoms with van der Waals surface area (Å²) in [7, 11) is 1.64. The van der Waals surface area contributed by atoms with E-state index in [4.69, 9.17) is 5.73 Å². The summed E-state index contributed by atoms with van der Waals surface area (Å²) < 4.78 is 0. The minimum absolute atomic E-state index is 0.0229. The van der Waals surface area contributed by atoms with Gasteiger partial charge in [-0.1, -0.05) is 0 Å². The zero-order valence-corrected chi connectivity index (χ0v) is 11.2. The van der Waals surface area contributed by atoms with E-state index in [1.807, 2.05) is 6.92 Å². The fourth-order valence-electron chi connectivity index (χ4n) is 2.10. The first-order chi connectivity index (χ1) is 8.51. The Hall–Kier alpha value is -1.14. The lowest BCUT2D eigenvalue weighted by atomic mass is 10.0. The summed E-state index contributed by atoms with van der Waals surface area (Å²) in [5.74, 6) is 0.0594. The smallest absolute Gasteiger partial charge is 0.233 e. The lowest BCUT2D eigenvalue weighted by Gasteiger charge is -2.31. The van der Waals surface area contributed by atoms with Crippen molar-refractivity contribution in [2.75, 3.05) is 26.7 Å². The van der Waals surface area contributed by atoms with Crippen LogP contribution in [0.25, 0.3) is 0 Å². The largest absolute Gasteiger partial charge is 0.358 e. The molecule has 0 bridgehead atoms. The highest BCUT2D eigenvalue weighted by molar-refractivity contribution is 5.77. The number of rotatable bonds is 5. The number of amides is 2. The molecular formula is C12H24N4O2. The van der Waals surface area contributed by atoms with Crippen molar-refractivity contribution < 1.29 is 9.59 Å². The normalized spacial score (nSPS) is 19.3. The molecule has 1 saturated heterocycles. The third-order valence-electron chi connectivity index (χ3n) is 3.11. The van der Waals surface area contributed by atoms with Gasteiger partial charge in [0.2, 0.25) is 11.8 Å². The summed E-state index contributed by atoms with van der Waals surface area (Å²) in [6, 6.07) is 0.121. The first kappa shape index (κ1) is 14.9. The van der Waals surface area contributed by atoms with E-state index in [2.05, 4.69) is 15.5 Å². The van der Waals surface area contributed by atoms with Crippen molar-refractivity contribution in [3.63, 3.8) is 0 Å². The molecule has 6 heteroatoms. The predicted octanol–water partition coefficient (Wildman–Crippen LogP) is -0.950. The van der Waals surface area contributed by atoms with Gasteiger partial charge in [-0.3, -0.25) is 14.5 Å². The van der Waals surface area contributed by atoms with Crippen LogP contribution >= 0.6 is 0 Å². The highest BCUT2D eigenvalue weighted by atomic mass is 16.2. The number of hydrogen-bond acceptors (Lipinski definition) is 4. The summed E-state index contributed by atoms with van der Waals surface area (Å²) in [4.78, 5) is 24.9. The van der Waals surface area contributed by atoms with Crippen LogP contribution in [0.1, 0.15) is 26.2 Å². The highest BCUT2D eigenvalue weighted by Gasteiger charge is 2.21. The molecule has 1 rings (SSSR count). The highest BCUT2D eigenvalue weighted by Crippen LogP contribution is 2.10. The molecule has 1 heterocycles. The number of nitrogens with one attached hydrogen (secondary N) is 2. The van der Waals surface area contributed by atoms with Crippen LogP contribution in [0.15, 0.2) is 0 Å². The SMILES string of the molecule is CNC(=O)CN1CCC(NC(=O)CC(C)N)CC1. The number of carbonyl (C=O) groups excluding carboxylic acids is 2. The first-order valence-electron chi connectivity index (χ1n) is 6.49. The number of hydrogen-bond donors (Lipinski definition) is 3. The van der Waals surface area contributed by atoms with E-state index in [1.165, 1.54) is 0 Å². The maximum Gasteiger partial charge on any atom is 0.233 e. The molecule has 1 fully saturated rings. The molecule has 0 radical (unpaired) electrons. The van der Waals surface area contributed by atoms with Gasteiger partial charge in [-0.05, 0) is 19.8 Å². The summed E-state index contributed by atoms with van der Waals surface area (Å²) in [6.07, 6.45) is 2.15. The monoisotopic (exact) mass is 256 g/mol. The van der Waals surface area contributed by atoms with Gasteiger partial charge in [0.05, 0.1) is 6.54 Å². The number of piperidine rings is 1. The quantitative estimate of drug-likeness (QED) is 0.592. The van der Waals surface area contributed by atoms with Gasteiger partial charge in [0.25, 0.3) is 0 Å². The van der Waals surface area contributed by atoms with Crippen LogP contribution in [-0.2, 0) is 9.59 Å². The van der Waals surface area contributed by atoms with Crippen molar-refractivity contribution in [2.45, 2.75) is 38.3 Å². The van der Waals surface area contributed by atoms with Gasteiger partial charge in [-0.15, -0.1) is 0 Å². The lowest BCUT2D eigenvalue weighted by molar-refractivity contribution is -0.124. The predicted molar refractivity (Wildman–Crippen MR) is 69.9 cm³/mol. The van der Waals surface area contributed by atoms with E-state index < -0.39 is 0 Å². The molecule has 0 aromatic rings. The van der Waals surface area contributed by atoms with Crippen LogP contribution in [0.4, 0.5) is 0 Å². The van der Waals surface area contributed by atoms with Crippen molar-refractivity contribution in [1.82, 2.24) is 15.5 Å². The average Bonchev–Trinajstić information content (AvgIpc) is 2.30. The maximum absolute atomic E-state index is 11.6. The molecule has 18 heavy (non-hydrogen) atoms. The van der Waals surface area contributed by atoms with Crippen LogP contribution in [0, 0.1) is 0 Å². The third kappa shape index (κ3) is 5.46. The van der Waals surface area contributed by atoms with Crippen molar-refractivity contribution in [1.29, 1.82) is 0 Å². The van der Waals surface area contributed by atoms with E-state index >= 15 is 0 Å². The Bertz CT molecular complexity index is 286. The van der Waals surface area contributed by atoms with Crippen LogP contribution in [-0.4, -0.2) is 55.5 Å². The molecule has 0 spiro atoms. The number of nitrogens with zero attached hydrogens (tertiary/aromatic N) is 1. The van der Waals surface area contributed by atoms with E-state index in [1.54, 1.807) is 7.05 Å². The molecule has 0 aromatic heterocycles. The minimum atomic E-state index is -0.0988. The zero-order chi connectivity index (χ0) is 13.5. The Morgan fingerprint density at radius 3 is 2.44 bits per heavy atom. The third-order valence-corrected chi connectivity index (χ3v) is 3.11. The van der Waals surface area contributed by atoms with Gasteiger partial charge in [0.15, 0.2) is 0 Å². The molecule has 0 aliphatic carbocycles. The van der Waals surface area contributed by atoms with Crippen LogP contribution in [0.3, 0.4) is 0 Å². The molecule has 0 saturated carbocycles. The van der Waals surface area contributed by atoms with E-state index in [9.17, 15) is 9.59 Å². The molecular weight excluding hydrogens is 232 g/mol. The van der Waals surface area contributed by atoms with Gasteiger partial charge < -0.3 is 16.4 Å². The molecule has 1 aliphatic heterocycles. The molecule has 1 atom stereocenters. The van der Waals surface area contributed by atoms with Gasteiger partial charge in [-0.25, -0.2) is 0 Å². The molecule has 1 unspecified atom stereocenters. The van der Waals surface area contributed by atoms with Crippen LogP contribution < -0.4 is 16.4 Å². The Kier molecular flexibility index (Phi) is 6.07. The Morgan fingerprint density at radius 2 is 1.94 bits per heavy atom. The molecule has 2 amide bonds. The van der Waals surface area contributed by atoms with Crippen molar-refractivity contribution in [3.8, 4) is 0 Å². The van der Waals surface area contributed by atoms with E-state index in [0.717, 1.165) is 25.9 Å². The summed E-state index contributed by atoms with van der Waals surface area (Å²) in [6.45, 7) is 3.95. The van der Waals surface area contributed by atoms with E-state index in [0.29, 0.717) is 13.0 Å². The second-order valence-corrected chi connectivity index (χ2v) is 4.97. The number of carbonyl (C=O) groups is 2. The Morgan fingerprint density at radius 1 is 1.33 bits per heavy atom. The minimum Gasteiger partial charge on any atom is -0.358 e. The van der Waals surface area contributed by atoms with Crippen molar-refractivity contribution in [2.24, 2.45) is 5.73 Å². The molecule has 4 N–H and O–H groups in total. The van der Waals surface area contributed by atoms with Gasteiger partial charge >= 0.3 is 0 Å². The zero-order valence-electron chi connectivity index (χ0n) is 11.2. The number of nitrogens with two attached hydrogens (primary N) is 1.